The van der Waals surface area contributed by atoms with Crippen molar-refractivity contribution in [3.05, 3.63) is 71.0 Å². The standard InChI is InChI=1S/C32H38N2O5/c1-5-22-19-33-17-16-31-29(35)28-23(9-6-8-21-12-14-24(38-3)15-13-21)10-7-11-27(28)34(31)32(31,33)18-25(22)26(20-37-2)30(36)39-4/h7,10-15,20,22,25H,5-6,8-9,16-19H2,1-4H3/b26-20+/t22-,25+,31-,32-,34?/m1/s1. The highest BCUT2D eigenvalue weighted by molar-refractivity contribution is 6.22. The minimum Gasteiger partial charge on any atom is -0.504 e. The van der Waals surface area contributed by atoms with Gasteiger partial charge in [-0.2, -0.15) is 0 Å². The third-order valence-electron chi connectivity index (χ3n) is 9.79. The van der Waals surface area contributed by atoms with Crippen LogP contribution in [0.1, 0.15) is 54.1 Å². The third-order valence-corrected chi connectivity index (χ3v) is 9.79. The first kappa shape index (κ1) is 25.9. The molecule has 0 radical (unpaired) electrons. The van der Waals surface area contributed by atoms with Gasteiger partial charge in [0.1, 0.15) is 17.0 Å². The van der Waals surface area contributed by atoms with Gasteiger partial charge >= 0.3 is 5.97 Å². The Morgan fingerprint density at radius 1 is 1.10 bits per heavy atom. The number of anilines is 1. The van der Waals surface area contributed by atoms with Crippen molar-refractivity contribution in [1.82, 2.24) is 4.90 Å². The Balaban J connectivity index is 1.27. The van der Waals surface area contributed by atoms with Crippen molar-refractivity contribution in [3.8, 4) is 5.75 Å². The Bertz CT molecular complexity index is 1320. The predicted molar refractivity (Wildman–Crippen MR) is 149 cm³/mol. The van der Waals surface area contributed by atoms with Crippen LogP contribution in [0.15, 0.2) is 54.3 Å². The molecule has 2 aromatic rings. The summed E-state index contributed by atoms with van der Waals surface area (Å²) in [6.07, 6.45) is 6.86. The fraction of sp³-hybridized carbons (Fsp3) is 0.500. The van der Waals surface area contributed by atoms with E-state index < -0.39 is 5.54 Å². The Hall–Kier alpha value is -3.32. The van der Waals surface area contributed by atoms with Gasteiger partial charge in [0.05, 0.1) is 38.9 Å². The molecule has 0 aromatic heterocycles. The maximum absolute atomic E-state index is 14.3. The zero-order valence-corrected chi connectivity index (χ0v) is 23.4. The van der Waals surface area contributed by atoms with Crippen molar-refractivity contribution in [3.63, 3.8) is 0 Å². The summed E-state index contributed by atoms with van der Waals surface area (Å²) in [6, 6.07) is 14.6. The highest BCUT2D eigenvalue weighted by Crippen LogP contribution is 2.72. The van der Waals surface area contributed by atoms with Gasteiger partial charge in [-0.05, 0) is 67.3 Å². The second-order valence-corrected chi connectivity index (χ2v) is 11.3. The number of ether oxygens (including phenoxy) is 3. The lowest BCUT2D eigenvalue weighted by atomic mass is 9.73. The summed E-state index contributed by atoms with van der Waals surface area (Å²) < 4.78 is 15.8. The molecule has 0 amide bonds. The maximum atomic E-state index is 14.3. The van der Waals surface area contributed by atoms with Gasteiger partial charge in [0.25, 0.3) is 0 Å². The van der Waals surface area contributed by atoms with Crippen molar-refractivity contribution in [2.24, 2.45) is 11.8 Å². The number of esters is 1. The van der Waals surface area contributed by atoms with E-state index in [0.717, 1.165) is 74.2 Å². The topological polar surface area (TPSA) is 68.1 Å². The summed E-state index contributed by atoms with van der Waals surface area (Å²) in [6.45, 7) is 3.95. The molecule has 2 spiro atoms. The lowest BCUT2D eigenvalue weighted by Crippen LogP contribution is -2.53. The first-order valence-corrected chi connectivity index (χ1v) is 14.1. The smallest absolute Gasteiger partial charge is 0.337 e. The van der Waals surface area contributed by atoms with Crippen LogP contribution in [0.3, 0.4) is 0 Å². The van der Waals surface area contributed by atoms with Gasteiger partial charge in [0.15, 0.2) is 5.78 Å². The number of carbonyl (C=O) groups excluding carboxylic acids is 2. The number of nitrogens with zero attached hydrogens (tertiary/aromatic N) is 2. The van der Waals surface area contributed by atoms with Crippen molar-refractivity contribution >= 4 is 17.4 Å². The molecule has 4 atom stereocenters. The molecule has 0 saturated carbocycles. The number of aryl methyl sites for hydroxylation is 2. The summed E-state index contributed by atoms with van der Waals surface area (Å²) in [5, 5.41) is 0. The van der Waals surface area contributed by atoms with Crippen LogP contribution in [0.5, 0.6) is 5.75 Å². The van der Waals surface area contributed by atoms with E-state index >= 15 is 0 Å². The summed E-state index contributed by atoms with van der Waals surface area (Å²) in [4.78, 5) is 32.1. The third kappa shape index (κ3) is 3.58. The van der Waals surface area contributed by atoms with Crippen molar-refractivity contribution in [2.45, 2.75) is 56.7 Å². The number of piperidine rings is 1. The molecule has 6 rings (SSSR count). The minimum absolute atomic E-state index is 0.0249. The predicted octanol–water partition coefficient (Wildman–Crippen LogP) is 4.78. The molecule has 4 aliphatic rings. The fourth-order valence-electron chi connectivity index (χ4n) is 7.99. The lowest BCUT2D eigenvalue weighted by molar-refractivity contribution is -0.137. The quantitative estimate of drug-likeness (QED) is 0.200. The van der Waals surface area contributed by atoms with Gasteiger partial charge in [-0.15, -0.1) is 0 Å². The number of carbonyl (C=O) groups is 2. The lowest BCUT2D eigenvalue weighted by Gasteiger charge is -2.44. The van der Waals surface area contributed by atoms with Crippen LogP contribution in [0, 0.1) is 11.8 Å². The molecular formula is C32H38N2O5. The van der Waals surface area contributed by atoms with Crippen LogP contribution in [-0.4, -0.2) is 62.3 Å². The molecule has 7 heteroatoms. The van der Waals surface area contributed by atoms with E-state index in [1.165, 1.54) is 12.7 Å². The molecule has 4 aliphatic heterocycles. The highest BCUT2D eigenvalue weighted by Gasteiger charge is 2.87. The van der Waals surface area contributed by atoms with E-state index in [-0.39, 0.29) is 23.3 Å². The molecule has 0 unspecified atom stereocenters. The van der Waals surface area contributed by atoms with E-state index in [0.29, 0.717) is 11.5 Å². The zero-order chi connectivity index (χ0) is 27.4. The first-order valence-electron chi connectivity index (χ1n) is 14.1. The van der Waals surface area contributed by atoms with Gasteiger partial charge in [0.2, 0.25) is 0 Å². The molecular weight excluding hydrogens is 492 g/mol. The number of methoxy groups -OCH3 is 3. The number of Topliss-reactive ketones (excluding diaryl/α,β-unsaturated/α-hetero) is 1. The van der Waals surface area contributed by atoms with Crippen LogP contribution in [0.25, 0.3) is 0 Å². The summed E-state index contributed by atoms with van der Waals surface area (Å²) in [5.74, 6) is 1.06. The number of benzene rings is 2. The minimum atomic E-state index is -0.521. The van der Waals surface area contributed by atoms with E-state index in [2.05, 4.69) is 47.1 Å². The van der Waals surface area contributed by atoms with Crippen LogP contribution >= 0.6 is 0 Å². The second-order valence-electron chi connectivity index (χ2n) is 11.3. The Morgan fingerprint density at radius 2 is 1.90 bits per heavy atom. The van der Waals surface area contributed by atoms with E-state index in [1.54, 1.807) is 20.5 Å². The van der Waals surface area contributed by atoms with Crippen molar-refractivity contribution in [1.29, 1.82) is 0 Å². The summed E-state index contributed by atoms with van der Waals surface area (Å²) >= 11 is 0. The van der Waals surface area contributed by atoms with Crippen LogP contribution in [-0.2, 0) is 27.1 Å². The van der Waals surface area contributed by atoms with Crippen LogP contribution in [0.4, 0.5) is 5.69 Å². The molecule has 39 heavy (non-hydrogen) atoms. The number of rotatable bonds is 9. The molecule has 7 nitrogen and oxygen atoms in total. The molecule has 0 bridgehead atoms. The van der Waals surface area contributed by atoms with Crippen LogP contribution in [0.2, 0.25) is 0 Å². The Kier molecular flexibility index (Phi) is 6.45. The number of hydrogen-bond acceptors (Lipinski definition) is 7. The van der Waals surface area contributed by atoms with Gasteiger partial charge in [-0.3, -0.25) is 9.69 Å². The Labute approximate surface area is 230 Å². The van der Waals surface area contributed by atoms with Crippen molar-refractivity contribution < 1.29 is 23.8 Å². The number of ketones is 1. The second kappa shape index (κ2) is 9.70. The normalized spacial score (nSPS) is 28.9. The van der Waals surface area contributed by atoms with E-state index in [4.69, 9.17) is 14.2 Å². The maximum Gasteiger partial charge on any atom is 0.337 e. The SMILES string of the molecule is CC[C@@H]1CN2CC[C@]34C(=O)c5c(CCCc6ccc(OC)cc6)cccc5N3[C@@]24C[C@@H]1/C(=C\OC)C(=O)OC. The fourth-order valence-corrected chi connectivity index (χ4v) is 7.99. The van der Waals surface area contributed by atoms with Crippen LogP contribution < -0.4 is 9.64 Å². The van der Waals surface area contributed by atoms with E-state index in [1.807, 2.05) is 12.1 Å². The molecule has 0 aliphatic carbocycles. The van der Waals surface area contributed by atoms with E-state index in [9.17, 15) is 9.59 Å². The first-order chi connectivity index (χ1) is 19.0. The monoisotopic (exact) mass is 530 g/mol. The largest absolute Gasteiger partial charge is 0.504 e. The van der Waals surface area contributed by atoms with Crippen molar-refractivity contribution in [2.75, 3.05) is 39.3 Å². The molecule has 2 aromatic carbocycles. The summed E-state index contributed by atoms with van der Waals surface area (Å²) in [5.41, 5.74) is 4.09. The average Bonchev–Trinajstić information content (AvgIpc) is 3.22. The van der Waals surface area contributed by atoms with Gasteiger partial charge in [-0.1, -0.05) is 37.6 Å². The number of fused-ring (bicyclic) bond motifs is 2. The zero-order valence-electron chi connectivity index (χ0n) is 23.4. The van der Waals surface area contributed by atoms with Gasteiger partial charge in [-0.25, -0.2) is 4.79 Å². The molecule has 3 fully saturated rings. The molecule has 0 N–H and O–H groups in total. The van der Waals surface area contributed by atoms with Gasteiger partial charge in [0, 0.05) is 24.6 Å². The molecule has 3 saturated heterocycles. The highest BCUT2D eigenvalue weighted by atomic mass is 16.5. The Morgan fingerprint density at radius 3 is 2.59 bits per heavy atom. The number of hydrogen-bond donors (Lipinski definition) is 0. The average molecular weight is 531 g/mol. The molecule has 4 heterocycles. The molecule has 206 valence electrons. The summed E-state index contributed by atoms with van der Waals surface area (Å²) in [7, 11) is 4.67. The van der Waals surface area contributed by atoms with Gasteiger partial charge < -0.3 is 19.1 Å².